The first kappa shape index (κ1) is 12.2. The number of pyridine rings is 1. The zero-order valence-electron chi connectivity index (χ0n) is 10.0. The molecular formula is C14H13FN2O. The minimum absolute atomic E-state index is 0.364. The Kier molecular flexibility index (Phi) is 3.67. The van der Waals surface area contributed by atoms with Crippen LogP contribution in [0.3, 0.4) is 0 Å². The lowest BCUT2D eigenvalue weighted by molar-refractivity contribution is -0.681. The number of hydrogen-bond donors (Lipinski definition) is 0. The van der Waals surface area contributed by atoms with Gasteiger partial charge in [-0.05, 0) is 34.8 Å². The first-order valence-electron chi connectivity index (χ1n) is 5.71. The molecule has 0 N–H and O–H groups in total. The molecule has 0 atom stereocenters. The number of aromatic nitrogens is 1. The van der Waals surface area contributed by atoms with Crippen LogP contribution in [0.25, 0.3) is 0 Å². The highest BCUT2D eigenvalue weighted by atomic mass is 19.1. The maximum atomic E-state index is 12.7. The molecule has 4 heteroatoms. The van der Waals surface area contributed by atoms with Crippen LogP contribution in [0.4, 0.5) is 4.39 Å². The van der Waals surface area contributed by atoms with Gasteiger partial charge in [0.25, 0.3) is 0 Å². The van der Waals surface area contributed by atoms with E-state index in [9.17, 15) is 9.50 Å². The minimum Gasteiger partial charge on any atom is -0.854 e. The zero-order chi connectivity index (χ0) is 13.0. The third kappa shape index (κ3) is 2.91. The maximum Gasteiger partial charge on any atom is 0.202 e. The average molecular weight is 244 g/mol. The van der Waals surface area contributed by atoms with Crippen molar-refractivity contribution in [2.75, 3.05) is 0 Å². The number of rotatable bonds is 3. The molecule has 1 heterocycles. The Labute approximate surface area is 105 Å². The molecule has 1 aromatic heterocycles. The van der Waals surface area contributed by atoms with Gasteiger partial charge < -0.3 is 5.11 Å². The van der Waals surface area contributed by atoms with Gasteiger partial charge in [0.2, 0.25) is 12.4 Å². The second-order valence-electron chi connectivity index (χ2n) is 3.85. The summed E-state index contributed by atoms with van der Waals surface area (Å²) in [5, 5.41) is 15.7. The van der Waals surface area contributed by atoms with Crippen molar-refractivity contribution in [3.05, 3.63) is 65.7 Å². The van der Waals surface area contributed by atoms with Crippen LogP contribution >= 0.6 is 0 Å². The smallest absolute Gasteiger partial charge is 0.202 e. The Bertz CT molecular complexity index is 547. The highest BCUT2D eigenvalue weighted by Gasteiger charge is 2.00. The molecule has 0 fully saturated rings. The standard InChI is InChI=1S/C14H13FN2O/c1-2-11-7-9-17(10-8-11)16-14(18)12-3-5-13(15)6-4-12/h3-10H,2H2,1H3. The van der Waals surface area contributed by atoms with Crippen molar-refractivity contribution in [2.45, 2.75) is 13.3 Å². The van der Waals surface area contributed by atoms with Gasteiger partial charge >= 0.3 is 0 Å². The summed E-state index contributed by atoms with van der Waals surface area (Å²) >= 11 is 0. The van der Waals surface area contributed by atoms with Crippen LogP contribution in [0.15, 0.2) is 53.9 Å². The molecule has 92 valence electrons. The van der Waals surface area contributed by atoms with Crippen molar-refractivity contribution in [1.82, 2.24) is 0 Å². The van der Waals surface area contributed by atoms with E-state index in [0.29, 0.717) is 5.56 Å². The predicted molar refractivity (Wildman–Crippen MR) is 64.4 cm³/mol. The molecule has 0 saturated carbocycles. The van der Waals surface area contributed by atoms with Crippen LogP contribution in [0.2, 0.25) is 0 Å². The highest BCUT2D eigenvalue weighted by Crippen LogP contribution is 2.01. The minimum atomic E-state index is -0.399. The van der Waals surface area contributed by atoms with Crippen LogP contribution in [0.5, 0.6) is 0 Å². The fourth-order valence-corrected chi connectivity index (χ4v) is 1.51. The van der Waals surface area contributed by atoms with E-state index in [1.165, 1.54) is 34.5 Å². The van der Waals surface area contributed by atoms with Gasteiger partial charge in [0.1, 0.15) is 5.82 Å². The molecule has 0 aliphatic carbocycles. The van der Waals surface area contributed by atoms with E-state index in [4.69, 9.17) is 0 Å². The fourth-order valence-electron chi connectivity index (χ4n) is 1.51. The van der Waals surface area contributed by atoms with Gasteiger partial charge in [-0.25, -0.2) is 4.39 Å². The molecule has 1 aromatic carbocycles. The van der Waals surface area contributed by atoms with E-state index in [-0.39, 0.29) is 5.82 Å². The molecule has 2 rings (SSSR count). The van der Waals surface area contributed by atoms with E-state index < -0.39 is 5.90 Å². The summed E-state index contributed by atoms with van der Waals surface area (Å²) in [4.78, 5) is 0. The number of nitrogens with zero attached hydrogens (tertiary/aromatic N) is 2. The normalized spacial score (nSPS) is 11.6. The van der Waals surface area contributed by atoms with Crippen LogP contribution in [-0.4, -0.2) is 5.90 Å². The van der Waals surface area contributed by atoms with E-state index in [2.05, 4.69) is 12.0 Å². The summed E-state index contributed by atoms with van der Waals surface area (Å²) < 4.78 is 14.2. The maximum absolute atomic E-state index is 12.7. The molecule has 18 heavy (non-hydrogen) atoms. The number of halogens is 1. The molecular weight excluding hydrogens is 231 g/mol. The summed E-state index contributed by atoms with van der Waals surface area (Å²) in [5.74, 6) is -0.768. The first-order valence-corrected chi connectivity index (χ1v) is 5.71. The highest BCUT2D eigenvalue weighted by molar-refractivity contribution is 5.89. The Morgan fingerprint density at radius 1 is 1.17 bits per heavy atom. The third-order valence-corrected chi connectivity index (χ3v) is 2.59. The predicted octanol–water partition coefficient (Wildman–Crippen LogP) is 1.25. The Morgan fingerprint density at radius 2 is 1.78 bits per heavy atom. The van der Waals surface area contributed by atoms with Gasteiger partial charge in [0.15, 0.2) is 0 Å². The lowest BCUT2D eigenvalue weighted by atomic mass is 10.2. The molecule has 2 aromatic rings. The Morgan fingerprint density at radius 3 is 2.33 bits per heavy atom. The number of aryl methyl sites for hydroxylation is 1. The number of benzene rings is 1. The monoisotopic (exact) mass is 244 g/mol. The molecule has 3 nitrogen and oxygen atoms in total. The molecule has 0 aliphatic heterocycles. The summed E-state index contributed by atoms with van der Waals surface area (Å²) in [5.41, 5.74) is 1.54. The van der Waals surface area contributed by atoms with Crippen molar-refractivity contribution in [2.24, 2.45) is 5.10 Å². The fraction of sp³-hybridized carbons (Fsp3) is 0.143. The van der Waals surface area contributed by atoms with Crippen LogP contribution in [0.1, 0.15) is 18.1 Å². The molecule has 0 unspecified atom stereocenters. The van der Waals surface area contributed by atoms with Gasteiger partial charge in [-0.1, -0.05) is 23.7 Å². The SMILES string of the molecule is CCc1cc[n+](/N=C(/[O-])c2ccc(F)cc2)cc1. The Balaban J connectivity index is 2.23. The van der Waals surface area contributed by atoms with Gasteiger partial charge in [0, 0.05) is 12.1 Å². The molecule has 0 aliphatic rings. The second kappa shape index (κ2) is 5.40. The van der Waals surface area contributed by atoms with Gasteiger partial charge in [-0.2, -0.15) is 0 Å². The quantitative estimate of drug-likeness (QED) is 0.455. The first-order chi connectivity index (χ1) is 8.69. The van der Waals surface area contributed by atoms with Crippen LogP contribution < -0.4 is 9.78 Å². The molecule has 0 amide bonds. The van der Waals surface area contributed by atoms with E-state index >= 15 is 0 Å². The van der Waals surface area contributed by atoms with Crippen molar-refractivity contribution >= 4 is 5.90 Å². The molecule has 0 radical (unpaired) electrons. The Hall–Kier alpha value is -2.23. The number of hydrogen-bond acceptors (Lipinski definition) is 2. The third-order valence-electron chi connectivity index (χ3n) is 2.59. The summed E-state index contributed by atoms with van der Waals surface area (Å²) in [7, 11) is 0. The van der Waals surface area contributed by atoms with Crippen molar-refractivity contribution in [3.63, 3.8) is 0 Å². The van der Waals surface area contributed by atoms with E-state index in [1.54, 1.807) is 12.4 Å². The van der Waals surface area contributed by atoms with Crippen LogP contribution in [0, 0.1) is 5.82 Å². The van der Waals surface area contributed by atoms with Gasteiger partial charge in [-0.15, -0.1) is 0 Å². The zero-order valence-corrected chi connectivity index (χ0v) is 10.0. The summed E-state index contributed by atoms with van der Waals surface area (Å²) in [6, 6.07) is 9.13. The largest absolute Gasteiger partial charge is 0.854 e. The molecule has 0 saturated heterocycles. The van der Waals surface area contributed by atoms with Crippen molar-refractivity contribution < 1.29 is 14.2 Å². The lowest BCUT2D eigenvalue weighted by Gasteiger charge is -2.06. The van der Waals surface area contributed by atoms with Gasteiger partial charge in [-0.3, -0.25) is 0 Å². The topological polar surface area (TPSA) is 39.3 Å². The van der Waals surface area contributed by atoms with E-state index in [0.717, 1.165) is 6.42 Å². The summed E-state index contributed by atoms with van der Waals surface area (Å²) in [6.07, 6.45) is 4.38. The lowest BCUT2D eigenvalue weighted by Crippen LogP contribution is -2.33. The van der Waals surface area contributed by atoms with Crippen molar-refractivity contribution in [3.8, 4) is 0 Å². The van der Waals surface area contributed by atoms with Crippen molar-refractivity contribution in [1.29, 1.82) is 0 Å². The second-order valence-corrected chi connectivity index (χ2v) is 3.85. The molecule has 0 bridgehead atoms. The van der Waals surface area contributed by atoms with E-state index in [1.807, 2.05) is 12.1 Å². The van der Waals surface area contributed by atoms with Crippen LogP contribution in [-0.2, 0) is 6.42 Å². The van der Waals surface area contributed by atoms with Gasteiger partial charge in [0.05, 0.1) is 5.90 Å². The average Bonchev–Trinajstić information content (AvgIpc) is 2.40. The molecule has 0 spiro atoms. The summed E-state index contributed by atoms with van der Waals surface area (Å²) in [6.45, 7) is 2.06.